The highest BCUT2D eigenvalue weighted by molar-refractivity contribution is 7.15. The number of aromatic nitrogens is 1. The van der Waals surface area contributed by atoms with Gasteiger partial charge in [-0.2, -0.15) is 0 Å². The maximum Gasteiger partial charge on any atom is 0.245 e. The molecule has 0 aliphatic heterocycles. The summed E-state index contributed by atoms with van der Waals surface area (Å²) in [5, 5.41) is 3.36. The van der Waals surface area contributed by atoms with E-state index in [1.807, 2.05) is 39.0 Å². The van der Waals surface area contributed by atoms with Gasteiger partial charge in [-0.05, 0) is 38.7 Å². The van der Waals surface area contributed by atoms with E-state index in [1.165, 1.54) is 16.9 Å². The molecule has 0 spiro atoms. The molecule has 1 saturated carbocycles. The van der Waals surface area contributed by atoms with Crippen molar-refractivity contribution in [3.05, 3.63) is 47.0 Å². The van der Waals surface area contributed by atoms with Gasteiger partial charge >= 0.3 is 0 Å². The first kappa shape index (κ1) is 17.6. The topological polar surface area (TPSA) is 62.3 Å². The first-order valence-corrected chi connectivity index (χ1v) is 9.35. The molecule has 2 aromatic rings. The molecule has 0 bridgehead atoms. The van der Waals surface area contributed by atoms with Crippen LogP contribution >= 0.6 is 11.3 Å². The first-order valence-electron chi connectivity index (χ1n) is 8.53. The van der Waals surface area contributed by atoms with E-state index < -0.39 is 0 Å². The summed E-state index contributed by atoms with van der Waals surface area (Å²) in [7, 11) is 0. The molecule has 2 atom stereocenters. The minimum Gasteiger partial charge on any atom is -0.331 e. The Balaban J connectivity index is 1.61. The first-order chi connectivity index (χ1) is 12.0. The molecule has 6 heteroatoms. The number of rotatable bonds is 6. The molecule has 1 aliphatic rings. The Labute approximate surface area is 152 Å². The molecule has 1 aromatic heterocycles. The summed E-state index contributed by atoms with van der Waals surface area (Å²) >= 11 is 1.43. The van der Waals surface area contributed by atoms with Crippen LogP contribution in [-0.4, -0.2) is 34.3 Å². The van der Waals surface area contributed by atoms with Crippen LogP contribution in [0.1, 0.15) is 36.6 Å². The Hall–Kier alpha value is -2.21. The highest BCUT2D eigenvalue weighted by atomic mass is 32.1. The SMILES string of the molecule is Cc1cnc(NC(=O)CN(C(=O)C2CC2c2ccccc2)C(C)C)s1. The van der Waals surface area contributed by atoms with E-state index in [2.05, 4.69) is 22.4 Å². The summed E-state index contributed by atoms with van der Waals surface area (Å²) in [5.74, 6) is 0.127. The van der Waals surface area contributed by atoms with Crippen molar-refractivity contribution in [2.24, 2.45) is 5.92 Å². The number of amides is 2. The fourth-order valence-corrected chi connectivity index (χ4v) is 3.67. The van der Waals surface area contributed by atoms with Crippen molar-refractivity contribution in [1.29, 1.82) is 0 Å². The minimum absolute atomic E-state index is 0.0142. The van der Waals surface area contributed by atoms with Gasteiger partial charge in [-0.1, -0.05) is 30.3 Å². The van der Waals surface area contributed by atoms with Crippen molar-refractivity contribution >= 4 is 28.3 Å². The second-order valence-electron chi connectivity index (χ2n) is 6.74. The summed E-state index contributed by atoms with van der Waals surface area (Å²) in [6.07, 6.45) is 2.58. The Morgan fingerprint density at radius 1 is 1.32 bits per heavy atom. The number of carbonyl (C=O) groups is 2. The van der Waals surface area contributed by atoms with E-state index in [-0.39, 0.29) is 36.2 Å². The lowest BCUT2D eigenvalue weighted by Gasteiger charge is -2.26. The van der Waals surface area contributed by atoms with Gasteiger partial charge in [0.15, 0.2) is 5.13 Å². The monoisotopic (exact) mass is 357 g/mol. The van der Waals surface area contributed by atoms with Gasteiger partial charge in [0.25, 0.3) is 0 Å². The second kappa shape index (κ2) is 7.35. The van der Waals surface area contributed by atoms with Crippen LogP contribution in [0.25, 0.3) is 0 Å². The molecule has 3 rings (SSSR count). The second-order valence-corrected chi connectivity index (χ2v) is 7.98. The lowest BCUT2D eigenvalue weighted by Crippen LogP contribution is -2.43. The molecule has 5 nitrogen and oxygen atoms in total. The quantitative estimate of drug-likeness (QED) is 0.861. The highest BCUT2D eigenvalue weighted by Crippen LogP contribution is 2.48. The van der Waals surface area contributed by atoms with Crippen LogP contribution in [0.15, 0.2) is 36.5 Å². The average molecular weight is 357 g/mol. The summed E-state index contributed by atoms with van der Waals surface area (Å²) in [4.78, 5) is 32.0. The number of benzene rings is 1. The van der Waals surface area contributed by atoms with Crippen LogP contribution in [0, 0.1) is 12.8 Å². The number of nitrogens with one attached hydrogen (secondary N) is 1. The third-order valence-electron chi connectivity index (χ3n) is 4.42. The van der Waals surface area contributed by atoms with E-state index in [9.17, 15) is 9.59 Å². The molecule has 2 unspecified atom stereocenters. The molecular formula is C19H23N3O2S. The predicted molar refractivity (Wildman–Crippen MR) is 99.6 cm³/mol. The maximum absolute atomic E-state index is 12.9. The van der Waals surface area contributed by atoms with Gasteiger partial charge in [-0.15, -0.1) is 11.3 Å². The van der Waals surface area contributed by atoms with Crippen molar-refractivity contribution in [2.45, 2.75) is 39.2 Å². The van der Waals surface area contributed by atoms with Gasteiger partial charge in [-0.25, -0.2) is 4.98 Å². The van der Waals surface area contributed by atoms with E-state index in [1.54, 1.807) is 11.1 Å². The van der Waals surface area contributed by atoms with Crippen molar-refractivity contribution in [3.8, 4) is 0 Å². The molecule has 132 valence electrons. The van der Waals surface area contributed by atoms with Crippen molar-refractivity contribution in [1.82, 2.24) is 9.88 Å². The van der Waals surface area contributed by atoms with Crippen LogP contribution in [0.2, 0.25) is 0 Å². The van der Waals surface area contributed by atoms with Gasteiger partial charge in [0, 0.05) is 23.0 Å². The Morgan fingerprint density at radius 2 is 2.04 bits per heavy atom. The van der Waals surface area contributed by atoms with Gasteiger partial charge in [-0.3, -0.25) is 9.59 Å². The Bertz CT molecular complexity index is 757. The van der Waals surface area contributed by atoms with Crippen LogP contribution in [0.4, 0.5) is 5.13 Å². The molecule has 1 heterocycles. The van der Waals surface area contributed by atoms with Crippen LogP contribution < -0.4 is 5.32 Å². The zero-order valence-corrected chi connectivity index (χ0v) is 15.5. The molecule has 1 fully saturated rings. The predicted octanol–water partition coefficient (Wildman–Crippen LogP) is 3.43. The minimum atomic E-state index is -0.201. The van der Waals surface area contributed by atoms with Gasteiger partial charge in [0.2, 0.25) is 11.8 Å². The number of nitrogens with zero attached hydrogens (tertiary/aromatic N) is 2. The van der Waals surface area contributed by atoms with Crippen LogP contribution in [0.3, 0.4) is 0 Å². The number of carbonyl (C=O) groups excluding carboxylic acids is 2. The molecule has 25 heavy (non-hydrogen) atoms. The third kappa shape index (κ3) is 4.25. The molecular weight excluding hydrogens is 334 g/mol. The fourth-order valence-electron chi connectivity index (χ4n) is 2.99. The number of anilines is 1. The van der Waals surface area contributed by atoms with E-state index in [0.717, 1.165) is 11.3 Å². The molecule has 2 amide bonds. The molecule has 1 aliphatic carbocycles. The van der Waals surface area contributed by atoms with Crippen molar-refractivity contribution < 1.29 is 9.59 Å². The highest BCUT2D eigenvalue weighted by Gasteiger charge is 2.46. The zero-order chi connectivity index (χ0) is 18.0. The fraction of sp³-hybridized carbons (Fsp3) is 0.421. The average Bonchev–Trinajstić information content (AvgIpc) is 3.29. The largest absolute Gasteiger partial charge is 0.331 e. The third-order valence-corrected chi connectivity index (χ3v) is 5.25. The van der Waals surface area contributed by atoms with Gasteiger partial charge in [0.05, 0.1) is 0 Å². The molecule has 0 radical (unpaired) electrons. The number of hydrogen-bond donors (Lipinski definition) is 1. The molecule has 0 saturated heterocycles. The van der Waals surface area contributed by atoms with Crippen LogP contribution in [0.5, 0.6) is 0 Å². The maximum atomic E-state index is 12.9. The summed E-state index contributed by atoms with van der Waals surface area (Å²) in [6.45, 7) is 5.89. The number of aryl methyl sites for hydroxylation is 1. The van der Waals surface area contributed by atoms with Crippen molar-refractivity contribution in [3.63, 3.8) is 0 Å². The lowest BCUT2D eigenvalue weighted by molar-refractivity contribution is -0.137. The van der Waals surface area contributed by atoms with E-state index in [4.69, 9.17) is 0 Å². The smallest absolute Gasteiger partial charge is 0.245 e. The van der Waals surface area contributed by atoms with E-state index in [0.29, 0.717) is 5.13 Å². The number of thiazole rings is 1. The summed E-state index contributed by atoms with van der Waals surface area (Å²) in [5.41, 5.74) is 1.20. The number of hydrogen-bond acceptors (Lipinski definition) is 4. The van der Waals surface area contributed by atoms with E-state index >= 15 is 0 Å². The summed E-state index contributed by atoms with van der Waals surface area (Å²) in [6, 6.07) is 10.1. The Morgan fingerprint density at radius 3 is 2.64 bits per heavy atom. The Kier molecular flexibility index (Phi) is 5.18. The van der Waals surface area contributed by atoms with Gasteiger partial charge < -0.3 is 10.2 Å². The van der Waals surface area contributed by atoms with Crippen molar-refractivity contribution in [2.75, 3.05) is 11.9 Å². The van der Waals surface area contributed by atoms with Gasteiger partial charge in [0.1, 0.15) is 6.54 Å². The normalized spacial score (nSPS) is 18.9. The standard InChI is InChI=1S/C19H23N3O2S/c1-12(2)22(11-17(23)21-19-20-10-13(3)25-19)18(24)16-9-15(16)14-7-5-4-6-8-14/h4-8,10,12,15-16H,9,11H2,1-3H3,(H,20,21,23). The zero-order valence-electron chi connectivity index (χ0n) is 14.7. The molecule has 1 N–H and O–H groups in total. The summed E-state index contributed by atoms with van der Waals surface area (Å²) < 4.78 is 0. The van der Waals surface area contributed by atoms with Crippen LogP contribution in [-0.2, 0) is 9.59 Å². The lowest BCUT2D eigenvalue weighted by atomic mass is 10.1. The molecule has 1 aromatic carbocycles.